The van der Waals surface area contributed by atoms with E-state index in [9.17, 15) is 9.59 Å². The third-order valence-corrected chi connectivity index (χ3v) is 3.09. The molecule has 1 saturated carbocycles. The van der Waals surface area contributed by atoms with Crippen molar-refractivity contribution >= 4 is 11.9 Å². The van der Waals surface area contributed by atoms with Crippen molar-refractivity contribution in [3.63, 3.8) is 0 Å². The Morgan fingerprint density at radius 3 is 2.47 bits per heavy atom. The number of amides is 1. The highest BCUT2D eigenvalue weighted by molar-refractivity contribution is 5.79. The summed E-state index contributed by atoms with van der Waals surface area (Å²) in [7, 11) is 0. The van der Waals surface area contributed by atoms with E-state index in [4.69, 9.17) is 5.11 Å². The van der Waals surface area contributed by atoms with Crippen LogP contribution in [-0.4, -0.2) is 23.5 Å². The standard InChI is InChI=1S/C11H19NO3/c1-2-8(11(14)15)7-12-10(13)9-5-3-4-6-9/h8-9H,2-7H2,1H3,(H,12,13)(H,14,15). The van der Waals surface area contributed by atoms with Crippen LogP contribution in [0, 0.1) is 11.8 Å². The zero-order valence-electron chi connectivity index (χ0n) is 9.16. The Balaban J connectivity index is 2.28. The van der Waals surface area contributed by atoms with Gasteiger partial charge in [-0.25, -0.2) is 0 Å². The lowest BCUT2D eigenvalue weighted by Crippen LogP contribution is -2.35. The van der Waals surface area contributed by atoms with Crippen LogP contribution in [0.2, 0.25) is 0 Å². The van der Waals surface area contributed by atoms with Crippen LogP contribution < -0.4 is 5.32 Å². The summed E-state index contributed by atoms with van der Waals surface area (Å²) in [5, 5.41) is 11.5. The molecule has 1 amide bonds. The van der Waals surface area contributed by atoms with Crippen LogP contribution in [0.25, 0.3) is 0 Å². The van der Waals surface area contributed by atoms with E-state index in [1.165, 1.54) is 0 Å². The Morgan fingerprint density at radius 1 is 1.40 bits per heavy atom. The molecule has 1 fully saturated rings. The van der Waals surface area contributed by atoms with Crippen LogP contribution >= 0.6 is 0 Å². The van der Waals surface area contributed by atoms with E-state index in [1.807, 2.05) is 6.92 Å². The largest absolute Gasteiger partial charge is 0.481 e. The van der Waals surface area contributed by atoms with E-state index in [-0.39, 0.29) is 18.4 Å². The minimum atomic E-state index is -0.829. The molecule has 0 heterocycles. The van der Waals surface area contributed by atoms with Gasteiger partial charge in [0.05, 0.1) is 5.92 Å². The number of carbonyl (C=O) groups excluding carboxylic acids is 1. The summed E-state index contributed by atoms with van der Waals surface area (Å²) >= 11 is 0. The smallest absolute Gasteiger partial charge is 0.308 e. The molecule has 0 saturated heterocycles. The lowest BCUT2D eigenvalue weighted by atomic mass is 10.1. The second-order valence-electron chi connectivity index (χ2n) is 4.17. The Hall–Kier alpha value is -1.06. The summed E-state index contributed by atoms with van der Waals surface area (Å²) in [6.45, 7) is 2.08. The number of hydrogen-bond acceptors (Lipinski definition) is 2. The number of hydrogen-bond donors (Lipinski definition) is 2. The van der Waals surface area contributed by atoms with Gasteiger partial charge < -0.3 is 10.4 Å². The lowest BCUT2D eigenvalue weighted by molar-refractivity contribution is -0.141. The predicted octanol–water partition coefficient (Wildman–Crippen LogP) is 1.40. The van der Waals surface area contributed by atoms with E-state index in [0.717, 1.165) is 25.7 Å². The molecule has 0 aromatic heterocycles. The van der Waals surface area contributed by atoms with E-state index < -0.39 is 11.9 Å². The van der Waals surface area contributed by atoms with Crippen molar-refractivity contribution in [2.75, 3.05) is 6.54 Å². The topological polar surface area (TPSA) is 66.4 Å². The first-order valence-electron chi connectivity index (χ1n) is 5.65. The van der Waals surface area contributed by atoms with Crippen molar-refractivity contribution in [3.8, 4) is 0 Å². The van der Waals surface area contributed by atoms with Gasteiger partial charge >= 0.3 is 5.97 Å². The van der Waals surface area contributed by atoms with Crippen molar-refractivity contribution in [2.45, 2.75) is 39.0 Å². The van der Waals surface area contributed by atoms with Gasteiger partial charge in [-0.2, -0.15) is 0 Å². The molecule has 4 heteroatoms. The lowest BCUT2D eigenvalue weighted by Gasteiger charge is -2.13. The number of carboxylic acids is 1. The van der Waals surface area contributed by atoms with Gasteiger partial charge in [-0.3, -0.25) is 9.59 Å². The number of nitrogens with one attached hydrogen (secondary N) is 1. The molecule has 1 unspecified atom stereocenters. The molecular weight excluding hydrogens is 194 g/mol. The van der Waals surface area contributed by atoms with Crippen LogP contribution in [0.4, 0.5) is 0 Å². The molecule has 1 rings (SSSR count). The van der Waals surface area contributed by atoms with E-state index in [1.54, 1.807) is 0 Å². The Bertz CT molecular complexity index is 234. The first-order valence-corrected chi connectivity index (χ1v) is 5.65. The molecule has 0 aliphatic heterocycles. The highest BCUT2D eigenvalue weighted by atomic mass is 16.4. The van der Waals surface area contributed by atoms with Gasteiger partial charge in [-0.05, 0) is 19.3 Å². The van der Waals surface area contributed by atoms with Gasteiger partial charge in [-0.1, -0.05) is 19.8 Å². The summed E-state index contributed by atoms with van der Waals surface area (Å²) < 4.78 is 0. The van der Waals surface area contributed by atoms with Gasteiger partial charge in [0.2, 0.25) is 5.91 Å². The fourth-order valence-electron chi connectivity index (χ4n) is 1.96. The number of rotatable bonds is 5. The summed E-state index contributed by atoms with van der Waals surface area (Å²) in [5.41, 5.74) is 0. The maximum Gasteiger partial charge on any atom is 0.308 e. The summed E-state index contributed by atoms with van der Waals surface area (Å²) in [6, 6.07) is 0. The summed E-state index contributed by atoms with van der Waals surface area (Å²) in [6.07, 6.45) is 4.70. The van der Waals surface area contributed by atoms with E-state index in [0.29, 0.717) is 6.42 Å². The Morgan fingerprint density at radius 2 is 2.00 bits per heavy atom. The molecule has 1 aliphatic carbocycles. The molecule has 0 radical (unpaired) electrons. The van der Waals surface area contributed by atoms with Crippen LogP contribution in [0.5, 0.6) is 0 Å². The van der Waals surface area contributed by atoms with Gasteiger partial charge in [-0.15, -0.1) is 0 Å². The second kappa shape index (κ2) is 5.73. The predicted molar refractivity (Wildman–Crippen MR) is 56.4 cm³/mol. The SMILES string of the molecule is CCC(CNC(=O)C1CCCC1)C(=O)O. The Kier molecular flexibility index (Phi) is 4.59. The Labute approximate surface area is 90.0 Å². The molecular formula is C11H19NO3. The fraction of sp³-hybridized carbons (Fsp3) is 0.818. The fourth-order valence-corrected chi connectivity index (χ4v) is 1.96. The van der Waals surface area contributed by atoms with Crippen molar-refractivity contribution < 1.29 is 14.7 Å². The van der Waals surface area contributed by atoms with E-state index >= 15 is 0 Å². The van der Waals surface area contributed by atoms with Crippen LogP contribution in [-0.2, 0) is 9.59 Å². The molecule has 1 atom stereocenters. The number of carboxylic acid groups (broad SMARTS) is 1. The molecule has 4 nitrogen and oxygen atoms in total. The average Bonchev–Trinajstić information content (AvgIpc) is 2.70. The van der Waals surface area contributed by atoms with Gasteiger partial charge in [0.25, 0.3) is 0 Å². The third kappa shape index (κ3) is 3.53. The average molecular weight is 213 g/mol. The molecule has 1 aliphatic rings. The van der Waals surface area contributed by atoms with Crippen LogP contribution in [0.1, 0.15) is 39.0 Å². The quantitative estimate of drug-likeness (QED) is 0.725. The molecule has 0 bridgehead atoms. The van der Waals surface area contributed by atoms with Gasteiger partial charge in [0.15, 0.2) is 0 Å². The maximum atomic E-state index is 11.6. The summed E-state index contributed by atoms with van der Waals surface area (Å²) in [5.74, 6) is -1.12. The molecule has 86 valence electrons. The molecule has 0 aromatic rings. The monoisotopic (exact) mass is 213 g/mol. The molecule has 0 spiro atoms. The zero-order valence-corrected chi connectivity index (χ0v) is 9.16. The minimum Gasteiger partial charge on any atom is -0.481 e. The maximum absolute atomic E-state index is 11.6. The summed E-state index contributed by atoms with van der Waals surface area (Å²) in [4.78, 5) is 22.3. The van der Waals surface area contributed by atoms with Gasteiger partial charge in [0, 0.05) is 12.5 Å². The number of aliphatic carboxylic acids is 1. The molecule has 15 heavy (non-hydrogen) atoms. The highest BCUT2D eigenvalue weighted by Gasteiger charge is 2.24. The minimum absolute atomic E-state index is 0.0344. The van der Waals surface area contributed by atoms with Crippen LogP contribution in [0.15, 0.2) is 0 Å². The number of carbonyl (C=O) groups is 2. The molecule has 0 aromatic carbocycles. The van der Waals surface area contributed by atoms with Crippen molar-refractivity contribution in [1.82, 2.24) is 5.32 Å². The van der Waals surface area contributed by atoms with Gasteiger partial charge in [0.1, 0.15) is 0 Å². The third-order valence-electron chi connectivity index (χ3n) is 3.09. The van der Waals surface area contributed by atoms with Crippen LogP contribution in [0.3, 0.4) is 0 Å². The normalized spacial score (nSPS) is 18.7. The first-order chi connectivity index (χ1) is 7.15. The van der Waals surface area contributed by atoms with Crippen molar-refractivity contribution in [3.05, 3.63) is 0 Å². The van der Waals surface area contributed by atoms with E-state index in [2.05, 4.69) is 5.32 Å². The first kappa shape index (κ1) is 12.0. The zero-order chi connectivity index (χ0) is 11.3. The highest BCUT2D eigenvalue weighted by Crippen LogP contribution is 2.24. The van der Waals surface area contributed by atoms with Crippen molar-refractivity contribution in [2.24, 2.45) is 11.8 Å². The second-order valence-corrected chi connectivity index (χ2v) is 4.17. The van der Waals surface area contributed by atoms with Crippen molar-refractivity contribution in [1.29, 1.82) is 0 Å². The molecule has 2 N–H and O–H groups in total.